The number of nitrogens with one attached hydrogen (secondary N) is 1. The van der Waals surface area contributed by atoms with Gasteiger partial charge in [-0.3, -0.25) is 9.63 Å². The van der Waals surface area contributed by atoms with Crippen molar-refractivity contribution in [2.24, 2.45) is 0 Å². The predicted octanol–water partition coefficient (Wildman–Crippen LogP) is 2.54. The number of benzene rings is 1. The Labute approximate surface area is 119 Å². The van der Waals surface area contributed by atoms with Crippen molar-refractivity contribution in [1.82, 2.24) is 5.48 Å². The minimum absolute atomic E-state index is 0.00546. The number of amides is 1. The van der Waals surface area contributed by atoms with Crippen molar-refractivity contribution in [3.63, 3.8) is 0 Å². The van der Waals surface area contributed by atoms with Crippen LogP contribution in [0, 0.1) is 0 Å². The highest BCUT2D eigenvalue weighted by molar-refractivity contribution is 5.76. The Hall–Kier alpha value is -1.55. The average molecular weight is 275 g/mol. The molecule has 20 heavy (non-hydrogen) atoms. The van der Waals surface area contributed by atoms with Gasteiger partial charge in [0.15, 0.2) is 6.61 Å². The van der Waals surface area contributed by atoms with Crippen LogP contribution in [0.1, 0.15) is 43.2 Å². The van der Waals surface area contributed by atoms with E-state index in [0.717, 1.165) is 31.4 Å². The van der Waals surface area contributed by atoms with Gasteiger partial charge in [0.2, 0.25) is 0 Å². The highest BCUT2D eigenvalue weighted by Crippen LogP contribution is 2.26. The van der Waals surface area contributed by atoms with Crippen LogP contribution in [0.25, 0.3) is 0 Å². The largest absolute Gasteiger partial charge is 0.484 e. The molecule has 4 heteroatoms. The summed E-state index contributed by atoms with van der Waals surface area (Å²) in [5.41, 5.74) is 5.24. The molecule has 1 aromatic carbocycles. The highest BCUT2D eigenvalue weighted by Gasteiger charge is 2.17. The SMILES string of the molecule is O=C(COc1ccc2c(c1)CCC2)NOC1CCCC1. The third-order valence-corrected chi connectivity index (χ3v) is 4.08. The standard InChI is InChI=1S/C16H21NO3/c18-16(17-20-14-6-1-2-7-14)11-19-15-9-8-12-4-3-5-13(12)10-15/h8-10,14H,1-7,11H2,(H,17,18). The number of hydroxylamine groups is 1. The maximum absolute atomic E-state index is 11.6. The normalized spacial score (nSPS) is 18.0. The Morgan fingerprint density at radius 1 is 1.15 bits per heavy atom. The highest BCUT2D eigenvalue weighted by atomic mass is 16.7. The van der Waals surface area contributed by atoms with Crippen molar-refractivity contribution in [3.05, 3.63) is 29.3 Å². The molecular weight excluding hydrogens is 254 g/mol. The van der Waals surface area contributed by atoms with Crippen LogP contribution in [0.15, 0.2) is 18.2 Å². The molecule has 0 heterocycles. The van der Waals surface area contributed by atoms with E-state index in [4.69, 9.17) is 9.57 Å². The van der Waals surface area contributed by atoms with E-state index in [0.29, 0.717) is 0 Å². The zero-order valence-electron chi connectivity index (χ0n) is 11.7. The summed E-state index contributed by atoms with van der Waals surface area (Å²) in [6.45, 7) is 0.00546. The second kappa shape index (κ2) is 6.27. The molecule has 108 valence electrons. The second-order valence-electron chi connectivity index (χ2n) is 5.62. The maximum Gasteiger partial charge on any atom is 0.281 e. The number of carbonyl (C=O) groups is 1. The Morgan fingerprint density at radius 3 is 2.80 bits per heavy atom. The lowest BCUT2D eigenvalue weighted by molar-refractivity contribution is -0.140. The van der Waals surface area contributed by atoms with E-state index in [-0.39, 0.29) is 18.6 Å². The molecule has 0 bridgehead atoms. The summed E-state index contributed by atoms with van der Waals surface area (Å²) >= 11 is 0. The Morgan fingerprint density at radius 2 is 1.95 bits per heavy atom. The monoisotopic (exact) mass is 275 g/mol. The summed E-state index contributed by atoms with van der Waals surface area (Å²) < 4.78 is 5.52. The maximum atomic E-state index is 11.6. The van der Waals surface area contributed by atoms with Gasteiger partial charge < -0.3 is 4.74 Å². The first-order chi connectivity index (χ1) is 9.81. The molecule has 0 aliphatic heterocycles. The third-order valence-electron chi connectivity index (χ3n) is 4.08. The third kappa shape index (κ3) is 3.31. The van der Waals surface area contributed by atoms with Crippen molar-refractivity contribution in [2.75, 3.05) is 6.61 Å². The van der Waals surface area contributed by atoms with Crippen molar-refractivity contribution in [2.45, 2.75) is 51.0 Å². The van der Waals surface area contributed by atoms with E-state index in [2.05, 4.69) is 11.5 Å². The molecule has 1 fully saturated rings. The number of carbonyl (C=O) groups excluding carboxylic acids is 1. The van der Waals surface area contributed by atoms with Gasteiger partial charge >= 0.3 is 0 Å². The van der Waals surface area contributed by atoms with Gasteiger partial charge in [-0.1, -0.05) is 18.9 Å². The molecule has 1 amide bonds. The molecule has 4 nitrogen and oxygen atoms in total. The number of fused-ring (bicyclic) bond motifs is 1. The van der Waals surface area contributed by atoms with Gasteiger partial charge in [0.25, 0.3) is 5.91 Å². The van der Waals surface area contributed by atoms with E-state index >= 15 is 0 Å². The lowest BCUT2D eigenvalue weighted by Crippen LogP contribution is -2.32. The van der Waals surface area contributed by atoms with E-state index in [1.54, 1.807) is 0 Å². The molecule has 0 saturated heterocycles. The Balaban J connectivity index is 1.43. The predicted molar refractivity (Wildman–Crippen MR) is 75.4 cm³/mol. The van der Waals surface area contributed by atoms with Crippen LogP contribution in [0.3, 0.4) is 0 Å². The molecule has 1 aromatic rings. The lowest BCUT2D eigenvalue weighted by atomic mass is 10.1. The van der Waals surface area contributed by atoms with Gasteiger partial charge in [0.1, 0.15) is 5.75 Å². The van der Waals surface area contributed by atoms with Crippen LogP contribution < -0.4 is 10.2 Å². The van der Waals surface area contributed by atoms with Crippen molar-refractivity contribution in [3.8, 4) is 5.75 Å². The molecule has 2 aliphatic rings. The summed E-state index contributed by atoms with van der Waals surface area (Å²) in [5, 5.41) is 0. The van der Waals surface area contributed by atoms with Gasteiger partial charge in [-0.2, -0.15) is 0 Å². The number of hydrogen-bond acceptors (Lipinski definition) is 3. The van der Waals surface area contributed by atoms with Crippen LogP contribution in [0.2, 0.25) is 0 Å². The zero-order chi connectivity index (χ0) is 13.8. The van der Waals surface area contributed by atoms with Gasteiger partial charge in [0.05, 0.1) is 6.10 Å². The summed E-state index contributed by atoms with van der Waals surface area (Å²) in [6, 6.07) is 6.09. The number of rotatable bonds is 5. The van der Waals surface area contributed by atoms with Crippen LogP contribution >= 0.6 is 0 Å². The van der Waals surface area contributed by atoms with Gasteiger partial charge in [-0.15, -0.1) is 0 Å². The molecule has 0 unspecified atom stereocenters. The number of aryl methyl sites for hydroxylation is 2. The minimum atomic E-state index is -0.225. The number of ether oxygens (including phenoxy) is 1. The first kappa shape index (κ1) is 13.4. The fourth-order valence-corrected chi connectivity index (χ4v) is 2.97. The van der Waals surface area contributed by atoms with E-state index in [1.165, 1.54) is 30.4 Å². The first-order valence-corrected chi connectivity index (χ1v) is 7.50. The first-order valence-electron chi connectivity index (χ1n) is 7.50. The molecule has 0 spiro atoms. The van der Waals surface area contributed by atoms with Gasteiger partial charge in [0, 0.05) is 0 Å². The van der Waals surface area contributed by atoms with Crippen LogP contribution in [0.4, 0.5) is 0 Å². The molecule has 2 aliphatic carbocycles. The smallest absolute Gasteiger partial charge is 0.281 e. The minimum Gasteiger partial charge on any atom is -0.484 e. The van der Waals surface area contributed by atoms with Crippen molar-refractivity contribution < 1.29 is 14.4 Å². The van der Waals surface area contributed by atoms with Crippen LogP contribution in [-0.2, 0) is 22.5 Å². The van der Waals surface area contributed by atoms with Crippen LogP contribution in [0.5, 0.6) is 5.75 Å². The zero-order valence-corrected chi connectivity index (χ0v) is 11.7. The van der Waals surface area contributed by atoms with E-state index < -0.39 is 0 Å². The Bertz CT molecular complexity index is 481. The van der Waals surface area contributed by atoms with E-state index in [1.807, 2.05) is 12.1 Å². The number of hydrogen-bond donors (Lipinski definition) is 1. The fourth-order valence-electron chi connectivity index (χ4n) is 2.97. The molecule has 1 N–H and O–H groups in total. The molecule has 0 atom stereocenters. The van der Waals surface area contributed by atoms with Crippen molar-refractivity contribution in [1.29, 1.82) is 0 Å². The summed E-state index contributed by atoms with van der Waals surface area (Å²) in [6.07, 6.45) is 8.11. The summed E-state index contributed by atoms with van der Waals surface area (Å²) in [5.74, 6) is 0.541. The van der Waals surface area contributed by atoms with Gasteiger partial charge in [-0.25, -0.2) is 5.48 Å². The lowest BCUT2D eigenvalue weighted by Gasteiger charge is -2.12. The molecule has 0 aromatic heterocycles. The molecular formula is C16H21NO3. The van der Waals surface area contributed by atoms with E-state index in [9.17, 15) is 4.79 Å². The second-order valence-corrected chi connectivity index (χ2v) is 5.62. The topological polar surface area (TPSA) is 47.6 Å². The van der Waals surface area contributed by atoms with Crippen LogP contribution in [-0.4, -0.2) is 18.6 Å². The fraction of sp³-hybridized carbons (Fsp3) is 0.562. The molecule has 3 rings (SSSR count). The summed E-state index contributed by atoms with van der Waals surface area (Å²) in [4.78, 5) is 17.0. The quantitative estimate of drug-likeness (QED) is 0.840. The summed E-state index contributed by atoms with van der Waals surface area (Å²) in [7, 11) is 0. The van der Waals surface area contributed by atoms with Gasteiger partial charge in [-0.05, 0) is 55.4 Å². The Kier molecular flexibility index (Phi) is 4.21. The molecule has 0 radical (unpaired) electrons. The molecule has 1 saturated carbocycles. The van der Waals surface area contributed by atoms with Crippen molar-refractivity contribution >= 4 is 5.91 Å². The average Bonchev–Trinajstić information content (AvgIpc) is 3.13.